The summed E-state index contributed by atoms with van der Waals surface area (Å²) in [7, 11) is 1.32. The quantitative estimate of drug-likeness (QED) is 0.0827. The average Bonchev–Trinajstić information content (AvgIpc) is 3.08. The fraction of sp³-hybridized carbons (Fsp3) is 0.353. The van der Waals surface area contributed by atoms with Gasteiger partial charge in [0.1, 0.15) is 22.8 Å². The fourth-order valence-corrected chi connectivity index (χ4v) is 7.02. The molecule has 1 aliphatic heterocycles. The number of carbonyl (C=O) groups is 3. The van der Waals surface area contributed by atoms with Gasteiger partial charge in [0.2, 0.25) is 5.78 Å². The first-order valence-electron chi connectivity index (χ1n) is 15.5. The Morgan fingerprint density at radius 3 is 2.48 bits per heavy atom. The van der Waals surface area contributed by atoms with Crippen molar-refractivity contribution in [1.29, 1.82) is 0 Å². The van der Waals surface area contributed by atoms with Gasteiger partial charge in [0.25, 0.3) is 5.91 Å². The number of fused-ring (bicyclic) bond motifs is 3. The molecule has 1 amide bonds. The molecule has 0 bridgehead atoms. The molecule has 0 aromatic heterocycles. The lowest BCUT2D eigenvalue weighted by atomic mass is 9.71. The van der Waals surface area contributed by atoms with Gasteiger partial charge in [-0.1, -0.05) is 35.3 Å². The average molecular weight is 731 g/mol. The molecule has 50 heavy (non-hydrogen) atoms. The number of nitrogens with zero attached hydrogens (tertiary/aromatic N) is 1. The molecule has 6 rings (SSSR count). The Labute approximate surface area is 295 Å². The van der Waals surface area contributed by atoms with Crippen LogP contribution in [0.2, 0.25) is 10.0 Å². The van der Waals surface area contributed by atoms with E-state index in [4.69, 9.17) is 43.1 Å². The van der Waals surface area contributed by atoms with Gasteiger partial charge in [0.15, 0.2) is 12.1 Å². The van der Waals surface area contributed by atoms with Crippen LogP contribution in [-0.2, 0) is 15.9 Å². The van der Waals surface area contributed by atoms with E-state index in [1.54, 1.807) is 6.92 Å². The second-order valence-electron chi connectivity index (χ2n) is 12.4. The highest BCUT2D eigenvalue weighted by atomic mass is 35.5. The van der Waals surface area contributed by atoms with Crippen molar-refractivity contribution in [2.24, 2.45) is 10.8 Å². The van der Waals surface area contributed by atoms with Crippen LogP contribution < -0.4 is 15.9 Å². The molecule has 14 nitrogen and oxygen atoms in total. The molecule has 8 N–H and O–H groups in total. The summed E-state index contributed by atoms with van der Waals surface area (Å²) in [5.41, 5.74) is 4.41. The minimum atomic E-state index is -2.18. The van der Waals surface area contributed by atoms with Crippen molar-refractivity contribution in [3.8, 4) is 17.2 Å². The zero-order valence-corrected chi connectivity index (χ0v) is 28.2. The molecule has 0 radical (unpaired) electrons. The minimum Gasteiger partial charge on any atom is -0.507 e. The highest BCUT2D eigenvalue weighted by Gasteiger charge is 2.49. The first kappa shape index (κ1) is 35.7. The smallest absolute Gasteiger partial charge is 0.271 e. The number of methoxy groups -OCH3 is 1. The molecule has 3 aliphatic rings. The predicted octanol–water partition coefficient (Wildman–Crippen LogP) is 2.52. The van der Waals surface area contributed by atoms with E-state index >= 15 is 0 Å². The minimum absolute atomic E-state index is 0.0178. The molecule has 6 atom stereocenters. The van der Waals surface area contributed by atoms with E-state index < -0.39 is 95.8 Å². The second kappa shape index (κ2) is 13.5. The molecule has 0 unspecified atom stereocenters. The van der Waals surface area contributed by atoms with Crippen LogP contribution in [-0.4, -0.2) is 92.6 Å². The fourth-order valence-electron chi connectivity index (χ4n) is 6.72. The molecule has 1 heterocycles. The normalized spacial score (nSPS) is 26.2. The first-order chi connectivity index (χ1) is 23.7. The number of phenols is 2. The number of aromatic hydroxyl groups is 2. The third-order valence-corrected chi connectivity index (χ3v) is 10.0. The highest BCUT2D eigenvalue weighted by molar-refractivity contribution is 6.42. The lowest BCUT2D eigenvalue weighted by Crippen LogP contribution is -2.53. The van der Waals surface area contributed by atoms with Crippen LogP contribution in [0.15, 0.2) is 41.5 Å². The third kappa shape index (κ3) is 6.01. The maximum atomic E-state index is 13.9. The number of hydrogen-bond donors (Lipinski definition) is 7. The number of nitrogens with one attached hydrogen (secondary N) is 1. The van der Waals surface area contributed by atoms with Crippen molar-refractivity contribution < 1.29 is 54.1 Å². The van der Waals surface area contributed by atoms with Crippen LogP contribution in [0.1, 0.15) is 79.2 Å². The molecule has 3 aromatic rings. The van der Waals surface area contributed by atoms with Gasteiger partial charge in [-0.25, -0.2) is 5.43 Å². The van der Waals surface area contributed by atoms with Crippen LogP contribution in [0.4, 0.5) is 0 Å². The molecule has 264 valence electrons. The van der Waals surface area contributed by atoms with Crippen molar-refractivity contribution in [3.05, 3.63) is 85.4 Å². The number of hydrazone groups is 1. The topological polar surface area (TPSA) is 230 Å². The monoisotopic (exact) mass is 729 g/mol. The molecule has 2 aliphatic carbocycles. The second-order valence-corrected chi connectivity index (χ2v) is 13.2. The van der Waals surface area contributed by atoms with Crippen molar-refractivity contribution >= 4 is 46.4 Å². The molecule has 0 spiro atoms. The maximum absolute atomic E-state index is 13.9. The standard InChI is InChI=1S/C34H33Cl2N3O11/c1-13-28(41)19(37)9-23(49-13)50-21-11-34(47,22(12-40)38-39-33(46)14-6-7-17(35)18(36)8-14)10-16-25(21)32(45)27-26(30(16)43)29(42)15-4-3-5-20(48-2)24(15)31(27)44/h3-8,13,19,21,23,28,40-41,43,45,47H,9-12,37H2,1-2H3,(H,39,46)/b38-22+/t13-,19+,21+,23-,28-,34-/m0/s1. The van der Waals surface area contributed by atoms with Gasteiger partial charge in [-0.15, -0.1) is 0 Å². The van der Waals surface area contributed by atoms with Crippen LogP contribution >= 0.6 is 23.2 Å². The number of aliphatic hydroxyl groups is 3. The summed E-state index contributed by atoms with van der Waals surface area (Å²) in [4.78, 5) is 40.7. The lowest BCUT2D eigenvalue weighted by molar-refractivity contribution is -0.245. The molecule has 16 heteroatoms. The number of halogens is 2. The highest BCUT2D eigenvalue weighted by Crippen LogP contribution is 2.52. The molecular formula is C34H33Cl2N3O11. The third-order valence-electron chi connectivity index (χ3n) is 9.30. The van der Waals surface area contributed by atoms with Gasteiger partial charge >= 0.3 is 0 Å². The zero-order valence-electron chi connectivity index (χ0n) is 26.6. The van der Waals surface area contributed by atoms with Gasteiger partial charge in [-0.2, -0.15) is 5.10 Å². The van der Waals surface area contributed by atoms with Gasteiger partial charge in [-0.05, 0) is 31.2 Å². The summed E-state index contributed by atoms with van der Waals surface area (Å²) < 4.78 is 17.4. The zero-order chi connectivity index (χ0) is 36.2. The van der Waals surface area contributed by atoms with Crippen molar-refractivity contribution in [3.63, 3.8) is 0 Å². The lowest BCUT2D eigenvalue weighted by Gasteiger charge is -2.43. The number of ketones is 2. The summed E-state index contributed by atoms with van der Waals surface area (Å²) in [6, 6.07) is 7.66. The van der Waals surface area contributed by atoms with Gasteiger partial charge < -0.3 is 45.5 Å². The van der Waals surface area contributed by atoms with E-state index in [2.05, 4.69) is 10.5 Å². The van der Waals surface area contributed by atoms with Crippen LogP contribution in [0.5, 0.6) is 17.2 Å². The van der Waals surface area contributed by atoms with Crippen LogP contribution in [0.3, 0.4) is 0 Å². The maximum Gasteiger partial charge on any atom is 0.271 e. The summed E-state index contributed by atoms with van der Waals surface area (Å²) >= 11 is 12.0. The van der Waals surface area contributed by atoms with E-state index in [-0.39, 0.29) is 55.7 Å². The summed E-state index contributed by atoms with van der Waals surface area (Å²) in [6.07, 6.45) is -5.31. The molecule has 1 fully saturated rings. The Balaban J connectivity index is 1.46. The SMILES string of the molecule is COc1cccc2c1C(=O)c1c(O)c3c(c(O)c1C2=O)C[C@@](O)(/C(CO)=N/NC(=O)c1ccc(Cl)c(Cl)c1)C[C@H]3O[C@H]1C[C@@H](N)[C@@H](O)[C@H](C)O1. The largest absolute Gasteiger partial charge is 0.507 e. The number of aliphatic hydroxyl groups excluding tert-OH is 2. The number of nitrogens with two attached hydrogens (primary N) is 1. The summed E-state index contributed by atoms with van der Waals surface area (Å²) in [6.45, 7) is 0.684. The number of benzene rings is 3. The van der Waals surface area contributed by atoms with E-state index in [9.17, 15) is 39.9 Å². The number of ether oxygens (including phenoxy) is 3. The molecule has 0 saturated carbocycles. The van der Waals surface area contributed by atoms with Crippen molar-refractivity contribution in [1.82, 2.24) is 5.43 Å². The molecule has 3 aromatic carbocycles. The van der Waals surface area contributed by atoms with E-state index in [0.717, 1.165) is 0 Å². The number of hydrogen-bond acceptors (Lipinski definition) is 13. The van der Waals surface area contributed by atoms with Crippen molar-refractivity contribution in [2.45, 2.75) is 62.4 Å². The van der Waals surface area contributed by atoms with Gasteiger partial charge in [0.05, 0.1) is 64.5 Å². The molecular weight excluding hydrogens is 697 g/mol. The Bertz CT molecular complexity index is 1940. The predicted molar refractivity (Wildman–Crippen MR) is 178 cm³/mol. The van der Waals surface area contributed by atoms with E-state index in [1.165, 1.54) is 43.5 Å². The van der Waals surface area contributed by atoms with E-state index in [1.807, 2.05) is 0 Å². The van der Waals surface area contributed by atoms with Crippen LogP contribution in [0, 0.1) is 0 Å². The van der Waals surface area contributed by atoms with Gasteiger partial charge in [0, 0.05) is 47.6 Å². The van der Waals surface area contributed by atoms with Gasteiger partial charge in [-0.3, -0.25) is 14.4 Å². The summed E-state index contributed by atoms with van der Waals surface area (Å²) in [5, 5.41) is 60.7. The molecule has 1 saturated heterocycles. The Morgan fingerprint density at radius 1 is 1.10 bits per heavy atom. The number of phenolic OH excluding ortho intramolecular Hbond substituents is 2. The van der Waals surface area contributed by atoms with E-state index in [0.29, 0.717) is 0 Å². The summed E-state index contributed by atoms with van der Waals surface area (Å²) in [5.74, 6) is -3.66. The number of amides is 1. The Hall–Kier alpha value is -4.12. The Kier molecular flexibility index (Phi) is 9.67. The Morgan fingerprint density at radius 2 is 1.82 bits per heavy atom. The number of carbonyl (C=O) groups excluding carboxylic acids is 3. The first-order valence-corrected chi connectivity index (χ1v) is 16.2. The van der Waals surface area contributed by atoms with Crippen LogP contribution in [0.25, 0.3) is 0 Å². The van der Waals surface area contributed by atoms with Crippen molar-refractivity contribution in [2.75, 3.05) is 13.7 Å². The number of rotatable bonds is 7.